The average Bonchev–Trinajstić information content (AvgIpc) is 2.80. The summed E-state index contributed by atoms with van der Waals surface area (Å²) in [6.07, 6.45) is 5.05. The van der Waals surface area contributed by atoms with Gasteiger partial charge in [0.05, 0.1) is 12.2 Å². The van der Waals surface area contributed by atoms with Crippen molar-refractivity contribution < 1.29 is 9.90 Å². The van der Waals surface area contributed by atoms with Crippen molar-refractivity contribution in [3.05, 3.63) is 95.1 Å². The number of hydrogen-bond donors (Lipinski definition) is 1. The van der Waals surface area contributed by atoms with Crippen LogP contribution in [-0.4, -0.2) is 39.6 Å². The third kappa shape index (κ3) is 4.65. The highest BCUT2D eigenvalue weighted by atomic mass is 16.3. The van der Waals surface area contributed by atoms with Crippen LogP contribution in [0, 0.1) is 13.5 Å². The second-order valence-corrected chi connectivity index (χ2v) is 8.26. The second-order valence-electron chi connectivity index (χ2n) is 8.26. The minimum Gasteiger partial charge on any atom is -0.389 e. The summed E-state index contributed by atoms with van der Waals surface area (Å²) in [5.74, 6) is -0.000951. The second kappa shape index (κ2) is 8.71. The molecule has 1 N–H and O–H groups in total. The zero-order valence-corrected chi connectivity index (χ0v) is 17.6. The summed E-state index contributed by atoms with van der Waals surface area (Å²) in [5.41, 5.74) is 4.36. The molecule has 31 heavy (non-hydrogen) atoms. The Labute approximate surface area is 182 Å². The lowest BCUT2D eigenvalue weighted by Gasteiger charge is -2.38. The molecule has 5 nitrogen and oxygen atoms in total. The summed E-state index contributed by atoms with van der Waals surface area (Å²) < 4.78 is 0. The molecule has 156 valence electrons. The number of likely N-dealkylation sites (tertiary alicyclic amines) is 1. The van der Waals surface area contributed by atoms with E-state index < -0.39 is 5.60 Å². The zero-order valence-electron chi connectivity index (χ0n) is 17.6. The molecule has 0 bridgehead atoms. The van der Waals surface area contributed by atoms with Crippen LogP contribution in [0.4, 0.5) is 5.69 Å². The van der Waals surface area contributed by atoms with Gasteiger partial charge < -0.3 is 10.0 Å². The molecule has 1 aliphatic heterocycles. The van der Waals surface area contributed by atoms with Gasteiger partial charge in [-0.05, 0) is 54.7 Å². The average molecular weight is 412 g/mol. The zero-order chi connectivity index (χ0) is 21.8. The van der Waals surface area contributed by atoms with Gasteiger partial charge in [-0.3, -0.25) is 9.78 Å². The maximum absolute atomic E-state index is 13.4. The lowest BCUT2D eigenvalue weighted by atomic mass is 9.85. The number of piperidine rings is 1. The van der Waals surface area contributed by atoms with E-state index in [9.17, 15) is 9.90 Å². The van der Waals surface area contributed by atoms with E-state index in [0.717, 1.165) is 22.3 Å². The summed E-state index contributed by atoms with van der Waals surface area (Å²) in [4.78, 5) is 22.7. The number of nitrogens with zero attached hydrogens (tertiary/aromatic N) is 3. The molecule has 1 fully saturated rings. The van der Waals surface area contributed by atoms with Gasteiger partial charge in [0.2, 0.25) is 0 Å². The van der Waals surface area contributed by atoms with E-state index in [0.29, 0.717) is 43.6 Å². The SMILES string of the molecule is [C-]#[N+]c1ccc(CC2(O)CCN(C(=O)c3cc(C)ccc3-c3ccncc3)CC2)cc1. The van der Waals surface area contributed by atoms with Crippen molar-refractivity contribution in [3.8, 4) is 11.1 Å². The number of amides is 1. The number of benzene rings is 2. The lowest BCUT2D eigenvalue weighted by molar-refractivity contribution is -0.0162. The third-order valence-corrected chi connectivity index (χ3v) is 5.98. The van der Waals surface area contributed by atoms with Gasteiger partial charge in [0.1, 0.15) is 0 Å². The fourth-order valence-corrected chi connectivity index (χ4v) is 4.16. The molecule has 4 rings (SSSR count). The van der Waals surface area contributed by atoms with Gasteiger partial charge in [0.15, 0.2) is 5.69 Å². The Bertz CT molecular complexity index is 1110. The van der Waals surface area contributed by atoms with Gasteiger partial charge in [0.25, 0.3) is 5.91 Å². The van der Waals surface area contributed by atoms with E-state index in [1.165, 1.54) is 0 Å². The van der Waals surface area contributed by atoms with Gasteiger partial charge in [0, 0.05) is 37.5 Å². The molecule has 0 spiro atoms. The molecule has 3 aromatic rings. The van der Waals surface area contributed by atoms with Crippen LogP contribution in [0.25, 0.3) is 16.0 Å². The quantitative estimate of drug-likeness (QED) is 0.627. The van der Waals surface area contributed by atoms with E-state index in [-0.39, 0.29) is 5.91 Å². The maximum atomic E-state index is 13.4. The molecular weight excluding hydrogens is 386 g/mol. The Morgan fingerprint density at radius 3 is 2.42 bits per heavy atom. The summed E-state index contributed by atoms with van der Waals surface area (Å²) in [6.45, 7) is 10.1. The van der Waals surface area contributed by atoms with E-state index in [2.05, 4.69) is 9.83 Å². The fourth-order valence-electron chi connectivity index (χ4n) is 4.16. The molecule has 1 amide bonds. The first kappa shape index (κ1) is 20.8. The topological polar surface area (TPSA) is 57.8 Å². The Balaban J connectivity index is 1.48. The highest BCUT2D eigenvalue weighted by Gasteiger charge is 2.34. The monoisotopic (exact) mass is 411 g/mol. The smallest absolute Gasteiger partial charge is 0.254 e. The summed E-state index contributed by atoms with van der Waals surface area (Å²) in [7, 11) is 0. The van der Waals surface area contributed by atoms with Gasteiger partial charge in [-0.25, -0.2) is 4.85 Å². The van der Waals surface area contributed by atoms with Crippen LogP contribution in [0.5, 0.6) is 0 Å². The molecule has 0 radical (unpaired) electrons. The van der Waals surface area contributed by atoms with Crippen molar-refractivity contribution in [1.82, 2.24) is 9.88 Å². The number of pyridine rings is 1. The molecule has 1 saturated heterocycles. The molecule has 0 saturated carbocycles. The van der Waals surface area contributed by atoms with Crippen LogP contribution in [0.15, 0.2) is 67.0 Å². The van der Waals surface area contributed by atoms with Gasteiger partial charge in [-0.1, -0.05) is 42.0 Å². The molecule has 0 aliphatic carbocycles. The first-order valence-electron chi connectivity index (χ1n) is 10.5. The highest BCUT2D eigenvalue weighted by molar-refractivity contribution is 6.01. The number of aryl methyl sites for hydroxylation is 1. The minimum absolute atomic E-state index is 0.000951. The Hall–Kier alpha value is -3.49. The number of hydrogen-bond acceptors (Lipinski definition) is 3. The van der Waals surface area contributed by atoms with E-state index >= 15 is 0 Å². The Kier molecular flexibility index (Phi) is 5.83. The Morgan fingerprint density at radius 2 is 1.77 bits per heavy atom. The van der Waals surface area contributed by atoms with Crippen molar-refractivity contribution in [2.75, 3.05) is 13.1 Å². The number of carbonyl (C=O) groups is 1. The predicted octanol–water partition coefficient (Wildman–Crippen LogP) is 4.82. The van der Waals surface area contributed by atoms with Gasteiger partial charge in [-0.15, -0.1) is 0 Å². The van der Waals surface area contributed by atoms with Crippen molar-refractivity contribution >= 4 is 11.6 Å². The fraction of sp³-hybridized carbons (Fsp3) is 0.269. The van der Waals surface area contributed by atoms with Crippen molar-refractivity contribution in [3.63, 3.8) is 0 Å². The van der Waals surface area contributed by atoms with Crippen LogP contribution in [0.2, 0.25) is 0 Å². The normalized spacial score (nSPS) is 15.3. The van der Waals surface area contributed by atoms with Crippen molar-refractivity contribution in [2.45, 2.75) is 31.8 Å². The number of aromatic nitrogens is 1. The first-order valence-corrected chi connectivity index (χ1v) is 10.5. The van der Waals surface area contributed by atoms with E-state index in [1.54, 1.807) is 24.5 Å². The predicted molar refractivity (Wildman–Crippen MR) is 121 cm³/mol. The molecule has 0 atom stereocenters. The van der Waals surface area contributed by atoms with Crippen LogP contribution < -0.4 is 0 Å². The third-order valence-electron chi connectivity index (χ3n) is 5.98. The maximum Gasteiger partial charge on any atom is 0.254 e. The first-order chi connectivity index (χ1) is 15.0. The molecule has 5 heteroatoms. The van der Waals surface area contributed by atoms with Crippen LogP contribution in [0.1, 0.15) is 34.3 Å². The number of carbonyl (C=O) groups excluding carboxylic acids is 1. The summed E-state index contributed by atoms with van der Waals surface area (Å²) >= 11 is 0. The molecule has 0 unspecified atom stereocenters. The van der Waals surface area contributed by atoms with Crippen LogP contribution >= 0.6 is 0 Å². The van der Waals surface area contributed by atoms with E-state index in [4.69, 9.17) is 6.57 Å². The number of rotatable bonds is 4. The van der Waals surface area contributed by atoms with Crippen molar-refractivity contribution in [1.29, 1.82) is 0 Å². The van der Waals surface area contributed by atoms with Crippen LogP contribution in [0.3, 0.4) is 0 Å². The van der Waals surface area contributed by atoms with E-state index in [1.807, 2.05) is 54.3 Å². The summed E-state index contributed by atoms with van der Waals surface area (Å²) in [6, 6.07) is 17.1. The standard InChI is InChI=1S/C26H25N3O2/c1-19-3-8-23(21-9-13-28-14-10-21)24(17-19)25(30)29-15-11-26(31,12-16-29)18-20-4-6-22(27-2)7-5-20/h3-10,13-14,17,31H,11-12,15-16,18H2,1H3. The Morgan fingerprint density at radius 1 is 1.10 bits per heavy atom. The van der Waals surface area contributed by atoms with Crippen LogP contribution in [-0.2, 0) is 6.42 Å². The molecule has 1 aromatic heterocycles. The van der Waals surface area contributed by atoms with Gasteiger partial charge in [-0.2, -0.15) is 0 Å². The summed E-state index contributed by atoms with van der Waals surface area (Å²) in [5, 5.41) is 11.1. The molecular formula is C26H25N3O2. The van der Waals surface area contributed by atoms with Gasteiger partial charge >= 0.3 is 0 Å². The largest absolute Gasteiger partial charge is 0.389 e. The molecule has 2 aromatic carbocycles. The lowest BCUT2D eigenvalue weighted by Crippen LogP contribution is -2.47. The highest BCUT2D eigenvalue weighted by Crippen LogP contribution is 2.30. The minimum atomic E-state index is -0.836. The molecule has 2 heterocycles. The van der Waals surface area contributed by atoms with Crippen molar-refractivity contribution in [2.24, 2.45) is 0 Å². The number of aliphatic hydroxyl groups is 1. The molecule has 1 aliphatic rings.